The van der Waals surface area contributed by atoms with Crippen LogP contribution in [-0.4, -0.2) is 21.6 Å². The molecule has 0 spiro atoms. The van der Waals surface area contributed by atoms with E-state index in [1.54, 1.807) is 18.2 Å². The van der Waals surface area contributed by atoms with Gasteiger partial charge in [0.2, 0.25) is 11.9 Å². The Hall–Kier alpha value is -1.83. The van der Waals surface area contributed by atoms with E-state index >= 15 is 0 Å². The van der Waals surface area contributed by atoms with Crippen molar-refractivity contribution < 1.29 is 4.74 Å². The predicted octanol–water partition coefficient (Wildman–Crippen LogP) is 3.00. The van der Waals surface area contributed by atoms with Crippen molar-refractivity contribution in [2.24, 2.45) is 5.84 Å². The first-order chi connectivity index (χ1) is 10.1. The Morgan fingerprint density at radius 1 is 1.10 bits per heavy atom. The molecule has 0 saturated carbocycles. The zero-order chi connectivity index (χ0) is 15.2. The van der Waals surface area contributed by atoms with Gasteiger partial charge in [0.1, 0.15) is 0 Å². The van der Waals surface area contributed by atoms with Crippen molar-refractivity contribution in [1.29, 1.82) is 0 Å². The minimum atomic E-state index is 0.176. The fourth-order valence-corrected chi connectivity index (χ4v) is 2.02. The highest BCUT2D eigenvalue weighted by molar-refractivity contribution is 6.35. The van der Waals surface area contributed by atoms with E-state index < -0.39 is 0 Å². The molecule has 0 amide bonds. The topological polar surface area (TPSA) is 98.0 Å². The number of anilines is 3. The molecule has 21 heavy (non-hydrogen) atoms. The van der Waals surface area contributed by atoms with Crippen molar-refractivity contribution >= 4 is 40.8 Å². The maximum Gasteiger partial charge on any atom is 0.323 e. The van der Waals surface area contributed by atoms with E-state index in [0.29, 0.717) is 22.3 Å². The Labute approximate surface area is 131 Å². The van der Waals surface area contributed by atoms with Gasteiger partial charge in [-0.25, -0.2) is 5.84 Å². The number of hydrazine groups is 1. The molecule has 0 aliphatic carbocycles. The summed E-state index contributed by atoms with van der Waals surface area (Å²) in [5.41, 5.74) is 3.00. The molecule has 0 unspecified atom stereocenters. The van der Waals surface area contributed by atoms with Crippen molar-refractivity contribution in [2.45, 2.75) is 13.3 Å². The first-order valence-corrected chi connectivity index (χ1v) is 6.95. The van der Waals surface area contributed by atoms with Crippen molar-refractivity contribution in [1.82, 2.24) is 15.0 Å². The van der Waals surface area contributed by atoms with E-state index in [9.17, 15) is 0 Å². The molecular formula is C12H14Cl2N6O. The van der Waals surface area contributed by atoms with Gasteiger partial charge in [-0.1, -0.05) is 30.1 Å². The van der Waals surface area contributed by atoms with Crippen LogP contribution >= 0.6 is 23.2 Å². The summed E-state index contributed by atoms with van der Waals surface area (Å²) >= 11 is 11.9. The lowest BCUT2D eigenvalue weighted by atomic mass is 10.3. The van der Waals surface area contributed by atoms with Gasteiger partial charge in [-0.3, -0.25) is 5.43 Å². The Morgan fingerprint density at radius 2 is 1.76 bits per heavy atom. The van der Waals surface area contributed by atoms with Crippen LogP contribution in [0.2, 0.25) is 10.0 Å². The summed E-state index contributed by atoms with van der Waals surface area (Å²) in [5.74, 6) is 5.78. The summed E-state index contributed by atoms with van der Waals surface area (Å²) < 4.78 is 5.37. The van der Waals surface area contributed by atoms with Crippen LogP contribution < -0.4 is 21.3 Å². The van der Waals surface area contributed by atoms with Gasteiger partial charge >= 0.3 is 6.01 Å². The zero-order valence-electron chi connectivity index (χ0n) is 11.2. The van der Waals surface area contributed by atoms with Gasteiger partial charge in [-0.15, -0.1) is 0 Å². The third-order valence-corrected chi connectivity index (χ3v) is 2.73. The average molecular weight is 329 g/mol. The maximum absolute atomic E-state index is 5.94. The molecule has 0 aliphatic rings. The van der Waals surface area contributed by atoms with Crippen LogP contribution in [0.3, 0.4) is 0 Å². The summed E-state index contributed by atoms with van der Waals surface area (Å²) in [6, 6.07) is 5.19. The number of nitrogen functional groups attached to an aromatic ring is 1. The SMILES string of the molecule is CCCOc1nc(NN)nc(Nc2cc(Cl)cc(Cl)c2)n1. The van der Waals surface area contributed by atoms with Gasteiger partial charge in [-0.05, 0) is 24.6 Å². The molecule has 0 bridgehead atoms. The normalized spacial score (nSPS) is 10.3. The Balaban J connectivity index is 2.25. The third-order valence-electron chi connectivity index (χ3n) is 2.30. The van der Waals surface area contributed by atoms with Gasteiger partial charge in [0.15, 0.2) is 0 Å². The van der Waals surface area contributed by atoms with E-state index in [0.717, 1.165) is 6.42 Å². The molecule has 1 heterocycles. The molecular weight excluding hydrogens is 315 g/mol. The second kappa shape index (κ2) is 7.26. The molecule has 2 aromatic rings. The van der Waals surface area contributed by atoms with E-state index in [4.69, 9.17) is 33.8 Å². The molecule has 7 nitrogen and oxygen atoms in total. The quantitative estimate of drug-likeness (QED) is 0.553. The van der Waals surface area contributed by atoms with E-state index in [-0.39, 0.29) is 17.9 Å². The lowest BCUT2D eigenvalue weighted by Crippen LogP contribution is -2.13. The minimum Gasteiger partial charge on any atom is -0.463 e. The molecule has 9 heteroatoms. The number of hydrogen-bond acceptors (Lipinski definition) is 7. The summed E-state index contributed by atoms with van der Waals surface area (Å²) in [7, 11) is 0. The lowest BCUT2D eigenvalue weighted by Gasteiger charge is -2.09. The number of ether oxygens (including phenoxy) is 1. The monoisotopic (exact) mass is 328 g/mol. The van der Waals surface area contributed by atoms with Crippen LogP contribution in [0.15, 0.2) is 18.2 Å². The van der Waals surface area contributed by atoms with Crippen molar-refractivity contribution in [3.8, 4) is 6.01 Å². The number of rotatable bonds is 6. The third kappa shape index (κ3) is 4.59. The summed E-state index contributed by atoms with van der Waals surface area (Å²) in [6.45, 7) is 2.48. The van der Waals surface area contributed by atoms with Crippen molar-refractivity contribution in [3.63, 3.8) is 0 Å². The average Bonchev–Trinajstić information content (AvgIpc) is 2.43. The van der Waals surface area contributed by atoms with Crippen LogP contribution in [0.4, 0.5) is 17.6 Å². The number of nitrogens with two attached hydrogens (primary N) is 1. The number of benzene rings is 1. The molecule has 0 atom stereocenters. The van der Waals surface area contributed by atoms with Crippen LogP contribution in [0.1, 0.15) is 13.3 Å². The van der Waals surface area contributed by atoms with E-state index in [1.165, 1.54) is 0 Å². The van der Waals surface area contributed by atoms with E-state index in [2.05, 4.69) is 25.7 Å². The maximum atomic E-state index is 5.94. The Morgan fingerprint density at radius 3 is 2.38 bits per heavy atom. The molecule has 1 aromatic heterocycles. The highest BCUT2D eigenvalue weighted by atomic mass is 35.5. The standard InChI is InChI=1S/C12H14Cl2N6O/c1-2-3-21-12-18-10(17-11(19-12)20-15)16-9-5-7(13)4-8(14)6-9/h4-6H,2-3,15H2,1H3,(H2,16,17,18,19,20). The highest BCUT2D eigenvalue weighted by Gasteiger charge is 2.08. The number of nitrogens with one attached hydrogen (secondary N) is 2. The first kappa shape index (κ1) is 15.6. The van der Waals surface area contributed by atoms with Crippen LogP contribution in [0.25, 0.3) is 0 Å². The van der Waals surface area contributed by atoms with Gasteiger partial charge < -0.3 is 10.1 Å². The van der Waals surface area contributed by atoms with Gasteiger partial charge in [-0.2, -0.15) is 15.0 Å². The molecule has 112 valence electrons. The molecule has 1 aromatic carbocycles. The second-order valence-electron chi connectivity index (χ2n) is 4.04. The fourth-order valence-electron chi connectivity index (χ4n) is 1.49. The molecule has 0 fully saturated rings. The summed E-state index contributed by atoms with van der Waals surface area (Å²) in [5, 5.41) is 3.97. The number of nitrogens with zero attached hydrogens (tertiary/aromatic N) is 3. The van der Waals surface area contributed by atoms with Crippen molar-refractivity contribution in [3.05, 3.63) is 28.2 Å². The zero-order valence-corrected chi connectivity index (χ0v) is 12.7. The largest absolute Gasteiger partial charge is 0.463 e. The second-order valence-corrected chi connectivity index (χ2v) is 4.91. The molecule has 4 N–H and O–H groups in total. The van der Waals surface area contributed by atoms with Crippen LogP contribution in [-0.2, 0) is 0 Å². The molecule has 0 saturated heterocycles. The fraction of sp³-hybridized carbons (Fsp3) is 0.250. The molecule has 0 radical (unpaired) electrons. The van der Waals surface area contributed by atoms with Gasteiger partial charge in [0, 0.05) is 15.7 Å². The highest BCUT2D eigenvalue weighted by Crippen LogP contribution is 2.24. The van der Waals surface area contributed by atoms with Gasteiger partial charge in [0.25, 0.3) is 0 Å². The number of hydrogen-bond donors (Lipinski definition) is 3. The number of halogens is 2. The Bertz CT molecular complexity index is 604. The Kier molecular flexibility index (Phi) is 5.38. The minimum absolute atomic E-state index is 0.176. The number of aromatic nitrogens is 3. The summed E-state index contributed by atoms with van der Waals surface area (Å²) in [4.78, 5) is 12.2. The van der Waals surface area contributed by atoms with E-state index in [1.807, 2.05) is 6.92 Å². The van der Waals surface area contributed by atoms with Crippen molar-refractivity contribution in [2.75, 3.05) is 17.3 Å². The molecule has 0 aliphatic heterocycles. The predicted molar refractivity (Wildman–Crippen MR) is 83.2 cm³/mol. The molecule has 2 rings (SSSR count). The smallest absolute Gasteiger partial charge is 0.323 e. The van der Waals surface area contributed by atoms with Crippen LogP contribution in [0, 0.1) is 0 Å². The van der Waals surface area contributed by atoms with Crippen LogP contribution in [0.5, 0.6) is 6.01 Å². The first-order valence-electron chi connectivity index (χ1n) is 6.19. The lowest BCUT2D eigenvalue weighted by molar-refractivity contribution is 0.292. The van der Waals surface area contributed by atoms with Gasteiger partial charge in [0.05, 0.1) is 6.61 Å². The summed E-state index contributed by atoms with van der Waals surface area (Å²) in [6.07, 6.45) is 0.837.